The number of hydrogen-bond donors (Lipinski definition) is 2. The molecule has 2 atom stereocenters. The zero-order valence-electron chi connectivity index (χ0n) is 10.4. The van der Waals surface area contributed by atoms with E-state index >= 15 is 0 Å². The lowest BCUT2D eigenvalue weighted by atomic mass is 10.1. The second-order valence-corrected chi connectivity index (χ2v) is 5.26. The molecule has 0 bridgehead atoms. The molecular formula is C13H23NO3. The van der Waals surface area contributed by atoms with Crippen LogP contribution in [0.3, 0.4) is 0 Å². The number of carboxylic acid groups (broad SMARTS) is 1. The Morgan fingerprint density at radius 1 is 1.12 bits per heavy atom. The molecule has 2 aliphatic rings. The summed E-state index contributed by atoms with van der Waals surface area (Å²) in [6, 6.07) is 0.616. The van der Waals surface area contributed by atoms with E-state index in [1.807, 2.05) is 0 Å². The van der Waals surface area contributed by atoms with Gasteiger partial charge in [0.1, 0.15) is 0 Å². The maximum Gasteiger partial charge on any atom is 0.332 e. The lowest BCUT2D eigenvalue weighted by Gasteiger charge is -2.19. The standard InChI is InChI=1S/C13H23NO3/c15-13(16)12-8-7-11(17-12)9-14-10-5-3-1-2-4-6-10/h10-12,14H,1-9H2,(H,15,16). The first kappa shape index (κ1) is 12.8. The maximum absolute atomic E-state index is 10.8. The molecule has 1 aliphatic carbocycles. The summed E-state index contributed by atoms with van der Waals surface area (Å²) < 4.78 is 5.48. The highest BCUT2D eigenvalue weighted by molar-refractivity contribution is 5.72. The van der Waals surface area contributed by atoms with Crippen LogP contribution in [-0.4, -0.2) is 35.9 Å². The summed E-state index contributed by atoms with van der Waals surface area (Å²) in [7, 11) is 0. The molecule has 0 spiro atoms. The topological polar surface area (TPSA) is 58.6 Å². The van der Waals surface area contributed by atoms with Crippen molar-refractivity contribution in [2.75, 3.05) is 6.54 Å². The van der Waals surface area contributed by atoms with Crippen LogP contribution in [0.5, 0.6) is 0 Å². The fraction of sp³-hybridized carbons (Fsp3) is 0.923. The molecule has 17 heavy (non-hydrogen) atoms. The van der Waals surface area contributed by atoms with Crippen molar-refractivity contribution in [2.45, 2.75) is 69.6 Å². The fourth-order valence-electron chi connectivity index (χ4n) is 2.82. The van der Waals surface area contributed by atoms with Crippen molar-refractivity contribution < 1.29 is 14.6 Å². The van der Waals surface area contributed by atoms with Crippen LogP contribution in [0.4, 0.5) is 0 Å². The molecule has 2 N–H and O–H groups in total. The highest BCUT2D eigenvalue weighted by Gasteiger charge is 2.30. The molecule has 2 unspecified atom stereocenters. The molecule has 0 aromatic carbocycles. The molecule has 2 fully saturated rings. The van der Waals surface area contributed by atoms with E-state index in [4.69, 9.17) is 9.84 Å². The minimum absolute atomic E-state index is 0.0966. The minimum Gasteiger partial charge on any atom is -0.479 e. The van der Waals surface area contributed by atoms with E-state index in [1.165, 1.54) is 38.5 Å². The Morgan fingerprint density at radius 3 is 2.41 bits per heavy atom. The van der Waals surface area contributed by atoms with Gasteiger partial charge in [-0.25, -0.2) is 4.79 Å². The predicted octanol–water partition coefficient (Wildman–Crippen LogP) is 1.93. The van der Waals surface area contributed by atoms with Gasteiger partial charge in [0.25, 0.3) is 0 Å². The van der Waals surface area contributed by atoms with Crippen molar-refractivity contribution in [3.05, 3.63) is 0 Å². The van der Waals surface area contributed by atoms with Gasteiger partial charge >= 0.3 is 5.97 Å². The zero-order chi connectivity index (χ0) is 12.1. The summed E-state index contributed by atoms with van der Waals surface area (Å²) in [5.74, 6) is -0.818. The van der Waals surface area contributed by atoms with Crippen LogP contribution < -0.4 is 5.32 Å². The number of nitrogens with one attached hydrogen (secondary N) is 1. The van der Waals surface area contributed by atoms with Crippen LogP contribution in [0, 0.1) is 0 Å². The van der Waals surface area contributed by atoms with Crippen LogP contribution in [0.2, 0.25) is 0 Å². The molecule has 1 aliphatic heterocycles. The van der Waals surface area contributed by atoms with Gasteiger partial charge in [-0.3, -0.25) is 0 Å². The molecule has 0 radical (unpaired) electrons. The number of aliphatic carboxylic acids is 1. The number of carbonyl (C=O) groups is 1. The summed E-state index contributed by atoms with van der Waals surface area (Å²) in [6.45, 7) is 0.814. The summed E-state index contributed by atoms with van der Waals surface area (Å²) in [5, 5.41) is 12.4. The first-order valence-corrected chi connectivity index (χ1v) is 6.87. The monoisotopic (exact) mass is 241 g/mol. The van der Waals surface area contributed by atoms with E-state index in [-0.39, 0.29) is 6.10 Å². The Kier molecular flexibility index (Phi) is 4.80. The number of rotatable bonds is 4. The van der Waals surface area contributed by atoms with Crippen LogP contribution in [0.1, 0.15) is 51.4 Å². The second kappa shape index (κ2) is 6.36. The van der Waals surface area contributed by atoms with Gasteiger partial charge in [0, 0.05) is 12.6 Å². The highest BCUT2D eigenvalue weighted by atomic mass is 16.5. The van der Waals surface area contributed by atoms with Gasteiger partial charge in [-0.2, -0.15) is 0 Å². The van der Waals surface area contributed by atoms with Gasteiger partial charge in [-0.15, -0.1) is 0 Å². The third kappa shape index (κ3) is 3.96. The minimum atomic E-state index is -0.818. The Hall–Kier alpha value is -0.610. The van der Waals surface area contributed by atoms with Crippen LogP contribution >= 0.6 is 0 Å². The summed E-state index contributed by atoms with van der Waals surface area (Å²) in [6.07, 6.45) is 8.93. The SMILES string of the molecule is O=C(O)C1CCC(CNC2CCCCCC2)O1. The van der Waals surface area contributed by atoms with Crippen molar-refractivity contribution in [3.63, 3.8) is 0 Å². The molecule has 2 rings (SSSR count). The molecule has 4 nitrogen and oxygen atoms in total. The third-order valence-electron chi connectivity index (χ3n) is 3.87. The van der Waals surface area contributed by atoms with Crippen LogP contribution in [-0.2, 0) is 9.53 Å². The summed E-state index contributed by atoms with van der Waals surface area (Å²) >= 11 is 0. The Bertz CT molecular complexity index is 249. The molecule has 1 saturated carbocycles. The normalized spacial score (nSPS) is 31.3. The van der Waals surface area contributed by atoms with E-state index in [2.05, 4.69) is 5.32 Å². The first-order valence-electron chi connectivity index (χ1n) is 6.87. The Balaban J connectivity index is 1.66. The summed E-state index contributed by atoms with van der Waals surface area (Å²) in [5.41, 5.74) is 0. The Morgan fingerprint density at radius 2 is 1.82 bits per heavy atom. The molecule has 1 heterocycles. The van der Waals surface area contributed by atoms with Crippen LogP contribution in [0.15, 0.2) is 0 Å². The first-order chi connectivity index (χ1) is 8.25. The quantitative estimate of drug-likeness (QED) is 0.738. The lowest BCUT2D eigenvalue weighted by molar-refractivity contribution is -0.149. The van der Waals surface area contributed by atoms with E-state index in [0.29, 0.717) is 12.5 Å². The molecule has 0 aromatic heterocycles. The van der Waals surface area contributed by atoms with Gasteiger partial charge in [0.05, 0.1) is 6.10 Å². The van der Waals surface area contributed by atoms with Gasteiger partial charge in [0.15, 0.2) is 6.10 Å². The fourth-order valence-corrected chi connectivity index (χ4v) is 2.82. The van der Waals surface area contributed by atoms with Gasteiger partial charge < -0.3 is 15.2 Å². The van der Waals surface area contributed by atoms with Crippen molar-refractivity contribution >= 4 is 5.97 Å². The molecule has 98 valence electrons. The molecular weight excluding hydrogens is 218 g/mol. The van der Waals surface area contributed by atoms with E-state index < -0.39 is 12.1 Å². The molecule has 0 aromatic rings. The van der Waals surface area contributed by atoms with Crippen molar-refractivity contribution in [2.24, 2.45) is 0 Å². The zero-order valence-corrected chi connectivity index (χ0v) is 10.4. The van der Waals surface area contributed by atoms with Crippen LogP contribution in [0.25, 0.3) is 0 Å². The Labute approximate surface area is 103 Å². The van der Waals surface area contributed by atoms with Crippen molar-refractivity contribution in [1.82, 2.24) is 5.32 Å². The maximum atomic E-state index is 10.8. The van der Waals surface area contributed by atoms with Gasteiger partial charge in [-0.1, -0.05) is 25.7 Å². The molecule has 4 heteroatoms. The number of hydrogen-bond acceptors (Lipinski definition) is 3. The summed E-state index contributed by atoms with van der Waals surface area (Å²) in [4.78, 5) is 10.8. The van der Waals surface area contributed by atoms with E-state index in [0.717, 1.165) is 13.0 Å². The molecule has 0 amide bonds. The van der Waals surface area contributed by atoms with Gasteiger partial charge in [-0.05, 0) is 25.7 Å². The molecule has 1 saturated heterocycles. The average molecular weight is 241 g/mol. The van der Waals surface area contributed by atoms with E-state index in [1.54, 1.807) is 0 Å². The largest absolute Gasteiger partial charge is 0.479 e. The average Bonchev–Trinajstić information content (AvgIpc) is 2.63. The smallest absolute Gasteiger partial charge is 0.332 e. The van der Waals surface area contributed by atoms with Crippen molar-refractivity contribution in [1.29, 1.82) is 0 Å². The number of carboxylic acids is 1. The van der Waals surface area contributed by atoms with Crippen molar-refractivity contribution in [3.8, 4) is 0 Å². The lowest BCUT2D eigenvalue weighted by Crippen LogP contribution is -2.35. The third-order valence-corrected chi connectivity index (χ3v) is 3.87. The van der Waals surface area contributed by atoms with E-state index in [9.17, 15) is 4.79 Å². The second-order valence-electron chi connectivity index (χ2n) is 5.26. The highest BCUT2D eigenvalue weighted by Crippen LogP contribution is 2.21. The number of ether oxygens (including phenoxy) is 1. The predicted molar refractivity (Wildman–Crippen MR) is 65.0 cm³/mol. The van der Waals surface area contributed by atoms with Gasteiger partial charge in [0.2, 0.25) is 0 Å².